The van der Waals surface area contributed by atoms with Gasteiger partial charge in [0.05, 0.1) is 45.8 Å². The van der Waals surface area contributed by atoms with Gasteiger partial charge >= 0.3 is 5.97 Å². The Morgan fingerprint density at radius 1 is 1.00 bits per heavy atom. The Balaban J connectivity index is 1.64. The number of carbonyl (C=O) groups excluding carboxylic acids is 1. The second-order valence-corrected chi connectivity index (χ2v) is 9.95. The van der Waals surface area contributed by atoms with E-state index in [0.717, 1.165) is 46.9 Å². The number of carbonyl (C=O) groups is 1. The number of rotatable bonds is 8. The molecule has 4 rings (SSSR count). The zero-order chi connectivity index (χ0) is 28.4. The molecule has 0 spiro atoms. The van der Waals surface area contributed by atoms with Gasteiger partial charge in [-0.15, -0.1) is 5.10 Å². The molecule has 2 heterocycles. The summed E-state index contributed by atoms with van der Waals surface area (Å²) in [5.74, 6) is 1.83. The summed E-state index contributed by atoms with van der Waals surface area (Å²) in [6, 6.07) is 13.5. The molecule has 1 aliphatic rings. The highest BCUT2D eigenvalue weighted by molar-refractivity contribution is 5.82. The standard InChI is InChI=1S/C30H38N4O6/c1-30(40-21-23-7-10-26(36-2)11-8-23)14-13-29(35)39-16-6-5-15-34-20-25(31-32-34)19-33(22-30)18-24-9-12-27(37-3)17-28(24)38-4/h7-14,17,20H,5-6,15-16,18-19,21-22H2,1-4H3/b14-13-. The molecule has 0 saturated carbocycles. The van der Waals surface area contributed by atoms with Gasteiger partial charge in [-0.3, -0.25) is 9.58 Å². The predicted octanol–water partition coefficient (Wildman–Crippen LogP) is 4.17. The lowest BCUT2D eigenvalue weighted by Crippen LogP contribution is -2.41. The van der Waals surface area contributed by atoms with Crippen molar-refractivity contribution in [2.75, 3.05) is 34.5 Å². The predicted molar refractivity (Wildman–Crippen MR) is 149 cm³/mol. The summed E-state index contributed by atoms with van der Waals surface area (Å²) in [5, 5.41) is 8.72. The van der Waals surface area contributed by atoms with E-state index in [-0.39, 0.29) is 5.97 Å². The van der Waals surface area contributed by atoms with Crippen LogP contribution in [0, 0.1) is 0 Å². The Kier molecular flexibility index (Phi) is 10.2. The quantitative estimate of drug-likeness (QED) is 0.383. The number of esters is 1. The molecule has 1 aromatic heterocycles. The van der Waals surface area contributed by atoms with Gasteiger partial charge in [0, 0.05) is 50.1 Å². The maximum Gasteiger partial charge on any atom is 0.330 e. The fourth-order valence-corrected chi connectivity index (χ4v) is 4.54. The van der Waals surface area contributed by atoms with Crippen molar-refractivity contribution in [2.24, 2.45) is 0 Å². The minimum Gasteiger partial charge on any atom is -0.497 e. The fourth-order valence-electron chi connectivity index (χ4n) is 4.54. The summed E-state index contributed by atoms with van der Waals surface area (Å²) in [5.41, 5.74) is 1.97. The first-order valence-electron chi connectivity index (χ1n) is 13.3. The topological polar surface area (TPSA) is 97.2 Å². The van der Waals surface area contributed by atoms with Gasteiger partial charge in [-0.1, -0.05) is 23.4 Å². The van der Waals surface area contributed by atoms with E-state index in [1.165, 1.54) is 6.08 Å². The van der Waals surface area contributed by atoms with Crippen LogP contribution >= 0.6 is 0 Å². The van der Waals surface area contributed by atoms with Gasteiger partial charge in [0.15, 0.2) is 0 Å². The SMILES string of the molecule is COc1ccc(COC2(C)/C=C\C(=O)OCCCCn3cc(nn3)CN(Cc3ccc(OC)cc3OC)C2)cc1. The first-order chi connectivity index (χ1) is 19.4. The monoisotopic (exact) mass is 550 g/mol. The molecular formula is C30H38N4O6. The average Bonchev–Trinajstić information content (AvgIpc) is 3.41. The molecule has 10 nitrogen and oxygen atoms in total. The van der Waals surface area contributed by atoms with E-state index in [2.05, 4.69) is 15.2 Å². The van der Waals surface area contributed by atoms with Crippen molar-refractivity contribution in [3.05, 3.63) is 77.6 Å². The number of aromatic nitrogens is 3. The molecule has 10 heteroatoms. The van der Waals surface area contributed by atoms with Crippen LogP contribution in [0.3, 0.4) is 0 Å². The Labute approximate surface area is 235 Å². The van der Waals surface area contributed by atoms with Crippen LogP contribution in [0.15, 0.2) is 60.8 Å². The number of hydrogen-bond donors (Lipinski definition) is 0. The third kappa shape index (κ3) is 8.30. The van der Waals surface area contributed by atoms with E-state index >= 15 is 0 Å². The molecule has 0 amide bonds. The molecule has 40 heavy (non-hydrogen) atoms. The van der Waals surface area contributed by atoms with Gasteiger partial charge in [-0.05, 0) is 49.6 Å². The molecule has 3 aromatic rings. The van der Waals surface area contributed by atoms with E-state index in [1.807, 2.05) is 60.3 Å². The van der Waals surface area contributed by atoms with Crippen LogP contribution in [0.1, 0.15) is 36.6 Å². The largest absolute Gasteiger partial charge is 0.497 e. The second kappa shape index (κ2) is 14.0. The van der Waals surface area contributed by atoms with Crippen molar-refractivity contribution in [2.45, 2.75) is 51.6 Å². The molecule has 0 fully saturated rings. The summed E-state index contributed by atoms with van der Waals surface area (Å²) >= 11 is 0. The smallest absolute Gasteiger partial charge is 0.330 e. The lowest BCUT2D eigenvalue weighted by atomic mass is 10.0. The summed E-state index contributed by atoms with van der Waals surface area (Å²) < 4.78 is 30.1. The average molecular weight is 551 g/mol. The summed E-state index contributed by atoms with van der Waals surface area (Å²) in [6.07, 6.45) is 6.79. The molecule has 0 aliphatic carbocycles. The number of nitrogens with zero attached hydrogens (tertiary/aromatic N) is 4. The number of cyclic esters (lactones) is 1. The Bertz CT molecular complexity index is 1280. The maximum absolute atomic E-state index is 12.5. The van der Waals surface area contributed by atoms with Crippen LogP contribution in [0.5, 0.6) is 17.2 Å². The molecule has 0 N–H and O–H groups in total. The Morgan fingerprint density at radius 3 is 2.52 bits per heavy atom. The number of benzene rings is 2. The summed E-state index contributed by atoms with van der Waals surface area (Å²) in [6.45, 7) is 4.87. The van der Waals surface area contributed by atoms with Gasteiger partial charge in [-0.2, -0.15) is 0 Å². The zero-order valence-corrected chi connectivity index (χ0v) is 23.7. The molecule has 0 saturated heterocycles. The minimum absolute atomic E-state index is 0.343. The van der Waals surface area contributed by atoms with Crippen LogP contribution < -0.4 is 14.2 Å². The molecular weight excluding hydrogens is 512 g/mol. The van der Waals surface area contributed by atoms with Crippen molar-refractivity contribution in [3.63, 3.8) is 0 Å². The van der Waals surface area contributed by atoms with Crippen LogP contribution in [0.4, 0.5) is 0 Å². The third-order valence-corrected chi connectivity index (χ3v) is 6.72. The van der Waals surface area contributed by atoms with E-state index < -0.39 is 5.60 Å². The normalized spacial score (nSPS) is 19.6. The van der Waals surface area contributed by atoms with Crippen LogP contribution in [-0.4, -0.2) is 65.9 Å². The van der Waals surface area contributed by atoms with Gasteiger partial charge in [0.25, 0.3) is 0 Å². The molecule has 1 aliphatic heterocycles. The van der Waals surface area contributed by atoms with Gasteiger partial charge in [-0.25, -0.2) is 4.79 Å². The fraction of sp³-hybridized carbons (Fsp3) is 0.433. The van der Waals surface area contributed by atoms with Crippen molar-refractivity contribution >= 4 is 5.97 Å². The molecule has 214 valence electrons. The third-order valence-electron chi connectivity index (χ3n) is 6.72. The van der Waals surface area contributed by atoms with Crippen molar-refractivity contribution in [3.8, 4) is 17.2 Å². The van der Waals surface area contributed by atoms with Crippen LogP contribution in [0.2, 0.25) is 0 Å². The lowest BCUT2D eigenvalue weighted by Gasteiger charge is -2.33. The highest BCUT2D eigenvalue weighted by Gasteiger charge is 2.28. The number of aryl methyl sites for hydroxylation is 1. The molecule has 2 bridgehead atoms. The molecule has 0 radical (unpaired) electrons. The van der Waals surface area contributed by atoms with Gasteiger partial charge < -0.3 is 23.7 Å². The zero-order valence-electron chi connectivity index (χ0n) is 23.7. The van der Waals surface area contributed by atoms with Crippen molar-refractivity contribution in [1.29, 1.82) is 0 Å². The minimum atomic E-state index is -0.838. The first-order valence-corrected chi connectivity index (χ1v) is 13.3. The Hall–Kier alpha value is -3.89. The number of hydrogen-bond acceptors (Lipinski definition) is 9. The highest BCUT2D eigenvalue weighted by Crippen LogP contribution is 2.28. The Morgan fingerprint density at radius 2 is 1.77 bits per heavy atom. The number of methoxy groups -OCH3 is 3. The van der Waals surface area contributed by atoms with Gasteiger partial charge in [0.1, 0.15) is 17.2 Å². The molecule has 2 aromatic carbocycles. The summed E-state index contributed by atoms with van der Waals surface area (Å²) in [4.78, 5) is 14.7. The molecule has 1 atom stereocenters. The van der Waals surface area contributed by atoms with Crippen molar-refractivity contribution in [1.82, 2.24) is 19.9 Å². The molecule has 1 unspecified atom stereocenters. The van der Waals surface area contributed by atoms with E-state index in [1.54, 1.807) is 27.4 Å². The van der Waals surface area contributed by atoms with E-state index in [0.29, 0.717) is 39.4 Å². The van der Waals surface area contributed by atoms with E-state index in [9.17, 15) is 4.79 Å². The first kappa shape index (κ1) is 29.1. The summed E-state index contributed by atoms with van der Waals surface area (Å²) in [7, 11) is 4.91. The second-order valence-electron chi connectivity index (χ2n) is 9.95. The van der Waals surface area contributed by atoms with Crippen molar-refractivity contribution < 1.29 is 28.5 Å². The van der Waals surface area contributed by atoms with E-state index in [4.69, 9.17) is 23.7 Å². The van der Waals surface area contributed by atoms with Gasteiger partial charge in [0.2, 0.25) is 0 Å². The number of fused-ring (bicyclic) bond motifs is 2. The van der Waals surface area contributed by atoms with Crippen LogP contribution in [-0.2, 0) is 40.5 Å². The van der Waals surface area contributed by atoms with Crippen LogP contribution in [0.25, 0.3) is 0 Å². The maximum atomic E-state index is 12.5. The highest BCUT2D eigenvalue weighted by atomic mass is 16.5. The lowest BCUT2D eigenvalue weighted by molar-refractivity contribution is -0.138. The number of ether oxygens (including phenoxy) is 5.